The monoisotopic (exact) mass is 835 g/mol. The van der Waals surface area contributed by atoms with Crippen molar-refractivity contribution in [1.29, 1.82) is 0 Å². The smallest absolute Gasteiger partial charge is 0.328 e. The summed E-state index contributed by atoms with van der Waals surface area (Å²) in [4.78, 5) is 88.3. The highest BCUT2D eigenvalue weighted by atomic mass is 16.5. The number of methoxy groups -OCH3 is 2. The lowest BCUT2D eigenvalue weighted by Gasteiger charge is -2.38. The van der Waals surface area contributed by atoms with Gasteiger partial charge in [0, 0.05) is 6.04 Å². The molecule has 0 bridgehead atoms. The molecule has 13 nitrogen and oxygen atoms in total. The maximum atomic E-state index is 15.7. The number of nitrogens with one attached hydrogen (secondary N) is 1. The van der Waals surface area contributed by atoms with Crippen LogP contribution in [0.1, 0.15) is 94.1 Å². The van der Waals surface area contributed by atoms with E-state index in [0.29, 0.717) is 23.5 Å². The first-order valence-electron chi connectivity index (χ1n) is 21.5. The van der Waals surface area contributed by atoms with E-state index in [1.807, 2.05) is 36.4 Å². The number of hydrogen-bond donors (Lipinski definition) is 2. The first-order valence-corrected chi connectivity index (χ1v) is 21.5. The van der Waals surface area contributed by atoms with Gasteiger partial charge in [0.05, 0.1) is 44.1 Å². The van der Waals surface area contributed by atoms with Crippen LogP contribution >= 0.6 is 0 Å². The number of hydrogen-bond acceptors (Lipinski definition) is 10. The average molecular weight is 836 g/mol. The van der Waals surface area contributed by atoms with Crippen molar-refractivity contribution in [3.63, 3.8) is 0 Å². The van der Waals surface area contributed by atoms with Gasteiger partial charge in [-0.1, -0.05) is 118 Å². The number of benzene rings is 3. The van der Waals surface area contributed by atoms with Crippen molar-refractivity contribution >= 4 is 35.7 Å². The Bertz CT molecular complexity index is 2060. The highest BCUT2D eigenvalue weighted by molar-refractivity contribution is 5.94. The number of carboxylic acid groups (broad SMARTS) is 1. The number of ether oxygens (including phenoxy) is 3. The van der Waals surface area contributed by atoms with Crippen molar-refractivity contribution in [2.24, 2.45) is 35.5 Å². The van der Waals surface area contributed by atoms with Gasteiger partial charge < -0.3 is 29.1 Å². The molecule has 61 heavy (non-hydrogen) atoms. The van der Waals surface area contributed by atoms with Gasteiger partial charge in [-0.15, -0.1) is 0 Å². The van der Waals surface area contributed by atoms with E-state index in [-0.39, 0.29) is 37.2 Å². The van der Waals surface area contributed by atoms with Crippen LogP contribution in [0.4, 0.5) is 0 Å². The van der Waals surface area contributed by atoms with Crippen LogP contribution in [-0.4, -0.2) is 89.0 Å². The third-order valence-electron chi connectivity index (χ3n) is 13.6. The number of carboxylic acids is 1. The normalized spacial score (nSPS) is 31.1. The molecular weight excluding hydrogens is 779 g/mol. The summed E-state index contributed by atoms with van der Waals surface area (Å²) in [5.41, 5.74) is 1.86. The highest BCUT2D eigenvalue weighted by Crippen LogP contribution is 2.50. The molecule has 2 N–H and O–H groups in total. The molecule has 13 heteroatoms. The molecule has 3 saturated heterocycles. The molecule has 0 aromatic heterocycles. The van der Waals surface area contributed by atoms with E-state index < -0.39 is 89.7 Å². The third kappa shape index (κ3) is 8.67. The molecule has 4 fully saturated rings. The quantitative estimate of drug-likeness (QED) is 0.170. The minimum atomic E-state index is -1.45. The average Bonchev–Trinajstić information content (AvgIpc) is 4.01. The van der Waals surface area contributed by atoms with Gasteiger partial charge in [-0.2, -0.15) is 0 Å². The molecule has 3 aliphatic heterocycles. The number of amides is 2. The Balaban J connectivity index is 1.30. The summed E-state index contributed by atoms with van der Waals surface area (Å²) >= 11 is 0. The second-order valence-corrected chi connectivity index (χ2v) is 17.6. The first-order chi connectivity index (χ1) is 29.3. The van der Waals surface area contributed by atoms with Crippen molar-refractivity contribution in [3.8, 4) is 0 Å². The van der Waals surface area contributed by atoms with Crippen LogP contribution in [0.5, 0.6) is 0 Å². The SMILES string of the molecule is COC(=O)[C@@H]1C[C@H](C(=O)N2[C@@H](C(=O)O)C[C@@H](C(=O)N3[C@H](C(=O)OC)C[C@H](C(=O)O[C@@H]4C[C@H](C)CC[C@H]4C(C)C)[C@@H]3c3ccccc3)[C@H]2c2ccccc2)[C@H](c2ccccc2)N1. The fourth-order valence-electron chi connectivity index (χ4n) is 10.6. The van der Waals surface area contributed by atoms with Crippen molar-refractivity contribution in [3.05, 3.63) is 108 Å². The van der Waals surface area contributed by atoms with Crippen LogP contribution in [-0.2, 0) is 43.0 Å². The van der Waals surface area contributed by atoms with Gasteiger partial charge in [0.25, 0.3) is 0 Å². The Hall–Kier alpha value is -5.56. The number of carbonyl (C=O) groups excluding carboxylic acids is 5. The van der Waals surface area contributed by atoms with E-state index in [0.717, 1.165) is 18.4 Å². The molecule has 0 unspecified atom stereocenters. The highest BCUT2D eigenvalue weighted by Gasteiger charge is 2.59. The number of carbonyl (C=O) groups is 6. The van der Waals surface area contributed by atoms with Crippen molar-refractivity contribution in [1.82, 2.24) is 15.1 Å². The molecule has 0 radical (unpaired) electrons. The summed E-state index contributed by atoms with van der Waals surface area (Å²) < 4.78 is 16.8. The Kier molecular flexibility index (Phi) is 13.3. The van der Waals surface area contributed by atoms with Crippen LogP contribution < -0.4 is 5.32 Å². The van der Waals surface area contributed by atoms with E-state index >= 15 is 9.59 Å². The molecule has 1 aliphatic carbocycles. The van der Waals surface area contributed by atoms with Crippen LogP contribution in [0.3, 0.4) is 0 Å². The van der Waals surface area contributed by atoms with Gasteiger partial charge in [-0.3, -0.25) is 24.5 Å². The molecule has 7 rings (SSSR count). The number of likely N-dealkylation sites (tertiary alicyclic amines) is 2. The van der Waals surface area contributed by atoms with Gasteiger partial charge in [0.1, 0.15) is 24.2 Å². The van der Waals surface area contributed by atoms with Gasteiger partial charge in [-0.25, -0.2) is 9.59 Å². The molecular formula is C48H57N3O10. The summed E-state index contributed by atoms with van der Waals surface area (Å²) in [6.45, 7) is 6.41. The molecule has 4 aliphatic rings. The molecule has 324 valence electrons. The van der Waals surface area contributed by atoms with Crippen LogP contribution in [0, 0.1) is 35.5 Å². The molecule has 3 heterocycles. The molecule has 0 spiro atoms. The van der Waals surface area contributed by atoms with E-state index in [9.17, 15) is 24.3 Å². The Morgan fingerprint density at radius 3 is 1.67 bits per heavy atom. The zero-order valence-electron chi connectivity index (χ0n) is 35.4. The van der Waals surface area contributed by atoms with Crippen LogP contribution in [0.2, 0.25) is 0 Å². The minimum absolute atomic E-state index is 0.0296. The molecule has 1 saturated carbocycles. The summed E-state index contributed by atoms with van der Waals surface area (Å²) in [7, 11) is 2.50. The van der Waals surface area contributed by atoms with Crippen LogP contribution in [0.25, 0.3) is 0 Å². The summed E-state index contributed by atoms with van der Waals surface area (Å²) in [5.74, 6) is -6.42. The predicted molar refractivity (Wildman–Crippen MR) is 223 cm³/mol. The van der Waals surface area contributed by atoms with Crippen molar-refractivity contribution in [2.45, 2.75) is 102 Å². The Morgan fingerprint density at radius 1 is 0.623 bits per heavy atom. The largest absolute Gasteiger partial charge is 0.480 e. The standard InChI is InChI=1S/C48H57N3O10/c1-27(2)32-22-21-28(3)23-39(32)61-46(56)35-26-38(48(58)60-5)51(42(35)31-19-13-8-14-20-31)44(53)34-25-37(45(54)55)50(41(34)30-17-11-7-12-18-30)43(52)33-24-36(47(57)59-4)49-40(33)29-15-9-6-10-16-29/h6-20,27-28,32-42,49H,21-26H2,1-5H3,(H,54,55)/t28-,32+,33+,34-,35+,36+,37-,38+,39-,40+,41-,42+/m1/s1. The lowest BCUT2D eigenvalue weighted by Crippen LogP contribution is -2.48. The lowest BCUT2D eigenvalue weighted by molar-refractivity contribution is -0.162. The number of rotatable bonds is 11. The van der Waals surface area contributed by atoms with Gasteiger partial charge in [0.2, 0.25) is 11.8 Å². The van der Waals surface area contributed by atoms with E-state index in [1.54, 1.807) is 54.6 Å². The lowest BCUT2D eigenvalue weighted by atomic mass is 9.75. The summed E-state index contributed by atoms with van der Waals surface area (Å²) in [6, 6.07) is 20.7. The second kappa shape index (κ2) is 18.6. The summed E-state index contributed by atoms with van der Waals surface area (Å²) in [6.07, 6.45) is 2.04. The van der Waals surface area contributed by atoms with Gasteiger partial charge in [0.15, 0.2) is 0 Å². The molecule has 12 atom stereocenters. The zero-order valence-corrected chi connectivity index (χ0v) is 35.4. The second-order valence-electron chi connectivity index (χ2n) is 17.6. The minimum Gasteiger partial charge on any atom is -0.480 e. The summed E-state index contributed by atoms with van der Waals surface area (Å²) in [5, 5.41) is 14.1. The fraction of sp³-hybridized carbons (Fsp3) is 0.500. The van der Waals surface area contributed by atoms with E-state index in [2.05, 4.69) is 26.1 Å². The molecule has 3 aromatic carbocycles. The zero-order chi connectivity index (χ0) is 43.5. The molecule has 2 amide bonds. The first kappa shape index (κ1) is 43.5. The Labute approximate surface area is 357 Å². The Morgan fingerprint density at radius 2 is 1.13 bits per heavy atom. The fourth-order valence-corrected chi connectivity index (χ4v) is 10.6. The number of nitrogens with zero attached hydrogens (tertiary/aromatic N) is 2. The third-order valence-corrected chi connectivity index (χ3v) is 13.6. The number of aliphatic carboxylic acids is 1. The number of esters is 3. The van der Waals surface area contributed by atoms with Crippen LogP contribution in [0.15, 0.2) is 91.0 Å². The topological polar surface area (TPSA) is 169 Å². The maximum absolute atomic E-state index is 15.7. The molecule has 3 aromatic rings. The van der Waals surface area contributed by atoms with Crippen molar-refractivity contribution in [2.75, 3.05) is 14.2 Å². The maximum Gasteiger partial charge on any atom is 0.328 e. The van der Waals surface area contributed by atoms with E-state index in [4.69, 9.17) is 14.2 Å². The van der Waals surface area contributed by atoms with Crippen molar-refractivity contribution < 1.29 is 48.1 Å². The van der Waals surface area contributed by atoms with E-state index in [1.165, 1.54) is 24.0 Å². The van der Waals surface area contributed by atoms with Gasteiger partial charge in [-0.05, 0) is 66.5 Å². The van der Waals surface area contributed by atoms with Gasteiger partial charge >= 0.3 is 23.9 Å². The predicted octanol–water partition coefficient (Wildman–Crippen LogP) is 6.06.